The third kappa shape index (κ3) is 4.18. The quantitative estimate of drug-likeness (QED) is 0.392. The van der Waals surface area contributed by atoms with Crippen molar-refractivity contribution in [3.63, 3.8) is 0 Å². The number of carbonyl (C=O) groups excluding carboxylic acids is 1. The van der Waals surface area contributed by atoms with Crippen molar-refractivity contribution in [2.24, 2.45) is 0 Å². The van der Waals surface area contributed by atoms with Gasteiger partial charge in [-0.15, -0.1) is 0 Å². The Balaban J connectivity index is 1.97. The molecule has 0 saturated heterocycles. The lowest BCUT2D eigenvalue weighted by atomic mass is 10.1. The SMILES string of the molecule is Cc1cccc(NC(=O)/C(C#N)=C\c2cc(C)n(-c3ccccc3Br)c2C)c1C. The lowest BCUT2D eigenvalue weighted by molar-refractivity contribution is -0.112. The number of carbonyl (C=O) groups is 1. The number of hydrogen-bond acceptors (Lipinski definition) is 2. The molecule has 2 aromatic carbocycles. The Kier molecular flexibility index (Phi) is 6.05. The average Bonchev–Trinajstić information content (AvgIpc) is 2.97. The average molecular weight is 448 g/mol. The zero-order valence-corrected chi connectivity index (χ0v) is 18.5. The summed E-state index contributed by atoms with van der Waals surface area (Å²) in [6, 6.07) is 17.7. The standard InChI is InChI=1S/C24H22BrN3O/c1-15-8-7-10-22(17(15)3)27-24(29)20(14-26)13-19-12-16(2)28(18(19)4)23-11-6-5-9-21(23)25/h5-13H,1-4H3,(H,27,29)/b20-13-. The van der Waals surface area contributed by atoms with Crippen molar-refractivity contribution in [2.75, 3.05) is 5.32 Å². The number of nitriles is 1. The molecule has 0 bridgehead atoms. The van der Waals surface area contributed by atoms with E-state index in [0.29, 0.717) is 0 Å². The van der Waals surface area contributed by atoms with Crippen molar-refractivity contribution in [2.45, 2.75) is 27.7 Å². The summed E-state index contributed by atoms with van der Waals surface area (Å²) in [4.78, 5) is 12.7. The normalized spacial score (nSPS) is 11.2. The molecule has 29 heavy (non-hydrogen) atoms. The number of benzene rings is 2. The first-order chi connectivity index (χ1) is 13.8. The minimum Gasteiger partial charge on any atom is -0.321 e. The lowest BCUT2D eigenvalue weighted by Gasteiger charge is -2.11. The summed E-state index contributed by atoms with van der Waals surface area (Å²) in [5, 5.41) is 12.5. The van der Waals surface area contributed by atoms with Gasteiger partial charge in [0, 0.05) is 21.5 Å². The summed E-state index contributed by atoms with van der Waals surface area (Å²) in [6.45, 7) is 7.93. The van der Waals surface area contributed by atoms with E-state index in [2.05, 4.69) is 25.8 Å². The first-order valence-electron chi connectivity index (χ1n) is 9.26. The predicted molar refractivity (Wildman–Crippen MR) is 121 cm³/mol. The van der Waals surface area contributed by atoms with Crippen LogP contribution in [0.3, 0.4) is 0 Å². The monoisotopic (exact) mass is 447 g/mol. The summed E-state index contributed by atoms with van der Waals surface area (Å²) in [5.74, 6) is -0.410. The summed E-state index contributed by atoms with van der Waals surface area (Å²) >= 11 is 3.60. The molecule has 0 aliphatic carbocycles. The van der Waals surface area contributed by atoms with E-state index in [-0.39, 0.29) is 5.57 Å². The van der Waals surface area contributed by atoms with Crippen LogP contribution in [0.15, 0.2) is 58.6 Å². The van der Waals surface area contributed by atoms with Gasteiger partial charge in [-0.25, -0.2) is 0 Å². The maximum atomic E-state index is 12.7. The zero-order valence-electron chi connectivity index (χ0n) is 16.9. The molecule has 5 heteroatoms. The van der Waals surface area contributed by atoms with Gasteiger partial charge < -0.3 is 9.88 Å². The molecule has 0 radical (unpaired) electrons. The van der Waals surface area contributed by atoms with Crippen molar-refractivity contribution in [1.82, 2.24) is 4.57 Å². The molecular formula is C24H22BrN3O. The first kappa shape index (κ1) is 20.6. The van der Waals surface area contributed by atoms with Crippen molar-refractivity contribution < 1.29 is 4.79 Å². The van der Waals surface area contributed by atoms with Gasteiger partial charge in [0.15, 0.2) is 0 Å². The van der Waals surface area contributed by atoms with Crippen molar-refractivity contribution in [3.8, 4) is 11.8 Å². The molecule has 146 valence electrons. The highest BCUT2D eigenvalue weighted by molar-refractivity contribution is 9.10. The largest absolute Gasteiger partial charge is 0.321 e. The number of para-hydroxylation sites is 1. The number of anilines is 1. The number of aryl methyl sites for hydroxylation is 2. The van der Waals surface area contributed by atoms with E-state index in [0.717, 1.165) is 43.9 Å². The van der Waals surface area contributed by atoms with Gasteiger partial charge in [-0.05, 0) is 90.7 Å². The second kappa shape index (κ2) is 8.50. The highest BCUT2D eigenvalue weighted by Crippen LogP contribution is 2.28. The Bertz CT molecular complexity index is 1170. The molecule has 0 aliphatic heterocycles. The number of nitrogens with zero attached hydrogens (tertiary/aromatic N) is 2. The Hall–Kier alpha value is -3.10. The third-order valence-corrected chi connectivity index (χ3v) is 5.75. The topological polar surface area (TPSA) is 57.8 Å². The maximum absolute atomic E-state index is 12.7. The maximum Gasteiger partial charge on any atom is 0.266 e. The number of aromatic nitrogens is 1. The molecule has 0 unspecified atom stereocenters. The Morgan fingerprint density at radius 3 is 2.52 bits per heavy atom. The fourth-order valence-corrected chi connectivity index (χ4v) is 3.78. The lowest BCUT2D eigenvalue weighted by Crippen LogP contribution is -2.14. The van der Waals surface area contributed by atoms with Gasteiger partial charge in [0.1, 0.15) is 11.6 Å². The van der Waals surface area contributed by atoms with Crippen LogP contribution in [0, 0.1) is 39.0 Å². The van der Waals surface area contributed by atoms with Gasteiger partial charge in [0.2, 0.25) is 0 Å². The third-order valence-electron chi connectivity index (χ3n) is 5.08. The van der Waals surface area contributed by atoms with Crippen molar-refractivity contribution >= 4 is 33.6 Å². The molecule has 1 heterocycles. The molecule has 3 rings (SSSR count). The van der Waals surface area contributed by atoms with Crippen LogP contribution in [0.4, 0.5) is 5.69 Å². The fraction of sp³-hybridized carbons (Fsp3) is 0.167. The Labute approximate surface area is 179 Å². The second-order valence-corrected chi connectivity index (χ2v) is 7.84. The van der Waals surface area contributed by atoms with E-state index in [1.54, 1.807) is 6.08 Å². The van der Waals surface area contributed by atoms with Crippen LogP contribution in [0.2, 0.25) is 0 Å². The molecule has 0 atom stereocenters. The van der Waals surface area contributed by atoms with Crippen LogP contribution < -0.4 is 5.32 Å². The van der Waals surface area contributed by atoms with Gasteiger partial charge in [0.25, 0.3) is 5.91 Å². The summed E-state index contributed by atoms with van der Waals surface area (Å²) in [7, 11) is 0. The number of nitrogens with one attached hydrogen (secondary N) is 1. The van der Waals surface area contributed by atoms with Gasteiger partial charge in [0.05, 0.1) is 5.69 Å². The van der Waals surface area contributed by atoms with Crippen molar-refractivity contribution in [3.05, 3.63) is 86.7 Å². The van der Waals surface area contributed by atoms with Crippen LogP contribution in [-0.2, 0) is 4.79 Å². The highest BCUT2D eigenvalue weighted by Gasteiger charge is 2.15. The molecule has 1 aromatic heterocycles. The fourth-order valence-electron chi connectivity index (χ4n) is 3.32. The van der Waals surface area contributed by atoms with Crippen molar-refractivity contribution in [1.29, 1.82) is 5.26 Å². The summed E-state index contributed by atoms with van der Waals surface area (Å²) in [5.41, 5.74) is 6.70. The van der Waals surface area contributed by atoms with E-state index in [4.69, 9.17) is 0 Å². The molecular weight excluding hydrogens is 426 g/mol. The molecule has 0 saturated carbocycles. The first-order valence-corrected chi connectivity index (χ1v) is 10.1. The van der Waals surface area contributed by atoms with Crippen LogP contribution in [-0.4, -0.2) is 10.5 Å². The van der Waals surface area contributed by atoms with Gasteiger partial charge in [-0.2, -0.15) is 5.26 Å². The molecule has 0 aliphatic rings. The van der Waals surface area contributed by atoms with Gasteiger partial charge in [-0.1, -0.05) is 24.3 Å². The van der Waals surface area contributed by atoms with E-state index >= 15 is 0 Å². The van der Waals surface area contributed by atoms with E-state index in [9.17, 15) is 10.1 Å². The Morgan fingerprint density at radius 1 is 1.10 bits per heavy atom. The van der Waals surface area contributed by atoms with Gasteiger partial charge in [-0.3, -0.25) is 4.79 Å². The molecule has 0 spiro atoms. The van der Waals surface area contributed by atoms with E-state index in [1.807, 2.05) is 82.3 Å². The van der Waals surface area contributed by atoms with Crippen LogP contribution in [0.25, 0.3) is 11.8 Å². The second-order valence-electron chi connectivity index (χ2n) is 6.98. The predicted octanol–water partition coefficient (Wildman–Crippen LogP) is 6.02. The number of halogens is 1. The van der Waals surface area contributed by atoms with Crippen LogP contribution in [0.1, 0.15) is 28.1 Å². The summed E-state index contributed by atoms with van der Waals surface area (Å²) < 4.78 is 3.08. The number of rotatable bonds is 4. The van der Waals surface area contributed by atoms with Crippen LogP contribution >= 0.6 is 15.9 Å². The summed E-state index contributed by atoms with van der Waals surface area (Å²) in [6.07, 6.45) is 1.65. The van der Waals surface area contributed by atoms with E-state index < -0.39 is 5.91 Å². The van der Waals surface area contributed by atoms with Crippen LogP contribution in [0.5, 0.6) is 0 Å². The minimum atomic E-state index is -0.410. The van der Waals surface area contributed by atoms with E-state index in [1.165, 1.54) is 0 Å². The highest BCUT2D eigenvalue weighted by atomic mass is 79.9. The molecule has 3 aromatic rings. The number of hydrogen-bond donors (Lipinski definition) is 1. The number of amides is 1. The molecule has 4 nitrogen and oxygen atoms in total. The van der Waals surface area contributed by atoms with Gasteiger partial charge >= 0.3 is 0 Å². The molecule has 1 amide bonds. The Morgan fingerprint density at radius 2 is 1.83 bits per heavy atom. The minimum absolute atomic E-state index is 0.0679. The smallest absolute Gasteiger partial charge is 0.266 e. The molecule has 1 N–H and O–H groups in total. The zero-order chi connectivity index (χ0) is 21.1. The molecule has 0 fully saturated rings.